The number of benzene rings is 2. The molecule has 0 aliphatic heterocycles. The zero-order valence-corrected chi connectivity index (χ0v) is 17.0. The minimum Gasteiger partial charge on any atom is -0.354 e. The maximum Gasteiger partial charge on any atom is 0.276 e. The average molecular weight is 534 g/mol. The van der Waals surface area contributed by atoms with Crippen molar-refractivity contribution in [2.75, 3.05) is 5.32 Å². The van der Waals surface area contributed by atoms with Crippen molar-refractivity contribution in [3.05, 3.63) is 67.4 Å². The van der Waals surface area contributed by atoms with Crippen LogP contribution in [-0.2, 0) is 0 Å². The van der Waals surface area contributed by atoms with Crippen LogP contribution < -0.4 is 10.8 Å². The lowest BCUT2D eigenvalue weighted by molar-refractivity contribution is 0.0707. The smallest absolute Gasteiger partial charge is 0.276 e. The molecule has 3 aromatic rings. The molecule has 25 heavy (non-hydrogen) atoms. The Hall–Kier alpha value is -1.62. The van der Waals surface area contributed by atoms with Crippen molar-refractivity contribution in [2.45, 2.75) is 0 Å². The molecule has 0 spiro atoms. The number of nitrogens with one attached hydrogen (secondary N) is 2. The number of carbonyl (C=O) groups excluding carboxylic acids is 1. The predicted molar refractivity (Wildman–Crippen MR) is 108 cm³/mol. The van der Waals surface area contributed by atoms with Crippen molar-refractivity contribution in [3.63, 3.8) is 0 Å². The van der Waals surface area contributed by atoms with Crippen LogP contribution in [0.1, 0.15) is 10.4 Å². The largest absolute Gasteiger partial charge is 0.354 e. The lowest BCUT2D eigenvalue weighted by atomic mass is 10.1. The molecule has 6 nitrogen and oxygen atoms in total. The molecular weight excluding hydrogens is 522 g/mol. The standard InChI is InChI=1S/C16H11BrClIN4O2/c17-11-7-10(16(24)22-25)14(8-15(11)23-5-1-4-20-23)21-13-3-2-9(19)6-12(13)18/h1-8,21,25H,(H,22,24). The third-order valence-corrected chi connectivity index (χ3v) is 5.00. The number of carbonyl (C=O) groups is 1. The second-order valence-electron chi connectivity index (χ2n) is 4.99. The minimum absolute atomic E-state index is 0.250. The molecule has 9 heteroatoms. The number of halogens is 3. The van der Waals surface area contributed by atoms with Crippen LogP contribution in [0.2, 0.25) is 5.02 Å². The van der Waals surface area contributed by atoms with Gasteiger partial charge in [-0.05, 0) is 74.9 Å². The Balaban J connectivity index is 2.11. The van der Waals surface area contributed by atoms with Gasteiger partial charge >= 0.3 is 0 Å². The Kier molecular flexibility index (Phi) is 5.62. The third kappa shape index (κ3) is 3.97. The summed E-state index contributed by atoms with van der Waals surface area (Å²) < 4.78 is 3.30. The number of amides is 1. The number of hydrogen-bond donors (Lipinski definition) is 3. The van der Waals surface area contributed by atoms with Crippen molar-refractivity contribution in [1.82, 2.24) is 15.3 Å². The molecule has 0 aliphatic carbocycles. The van der Waals surface area contributed by atoms with Gasteiger partial charge < -0.3 is 5.32 Å². The van der Waals surface area contributed by atoms with Crippen molar-refractivity contribution in [3.8, 4) is 5.69 Å². The van der Waals surface area contributed by atoms with Gasteiger partial charge in [-0.3, -0.25) is 10.0 Å². The molecule has 0 saturated carbocycles. The van der Waals surface area contributed by atoms with E-state index in [9.17, 15) is 4.79 Å². The predicted octanol–water partition coefficient (Wildman–Crippen LogP) is 4.76. The minimum atomic E-state index is -0.642. The average Bonchev–Trinajstić information content (AvgIpc) is 3.12. The highest BCUT2D eigenvalue weighted by Crippen LogP contribution is 2.33. The number of rotatable bonds is 4. The van der Waals surface area contributed by atoms with E-state index < -0.39 is 5.91 Å². The first-order chi connectivity index (χ1) is 12.0. The maximum absolute atomic E-state index is 12.0. The van der Waals surface area contributed by atoms with Crippen LogP contribution >= 0.6 is 50.1 Å². The van der Waals surface area contributed by atoms with Crippen LogP contribution in [0.15, 0.2) is 53.3 Å². The highest BCUT2D eigenvalue weighted by atomic mass is 127. The van der Waals surface area contributed by atoms with E-state index in [2.05, 4.69) is 48.9 Å². The summed E-state index contributed by atoms with van der Waals surface area (Å²) in [5, 5.41) is 16.9. The molecule has 1 aromatic heterocycles. The summed E-state index contributed by atoms with van der Waals surface area (Å²) in [5.74, 6) is -0.642. The van der Waals surface area contributed by atoms with E-state index in [0.717, 1.165) is 9.26 Å². The van der Waals surface area contributed by atoms with Crippen LogP contribution in [0, 0.1) is 3.57 Å². The Morgan fingerprint density at radius 2 is 2.08 bits per heavy atom. The molecule has 2 aromatic carbocycles. The molecular formula is C16H11BrClIN4O2. The molecule has 0 radical (unpaired) electrons. The Labute approximate surface area is 170 Å². The molecule has 0 bridgehead atoms. The van der Waals surface area contributed by atoms with Crippen LogP contribution in [0.4, 0.5) is 11.4 Å². The van der Waals surface area contributed by atoms with Gasteiger partial charge in [-0.1, -0.05) is 11.6 Å². The van der Waals surface area contributed by atoms with Crippen LogP contribution in [0.3, 0.4) is 0 Å². The second-order valence-corrected chi connectivity index (χ2v) is 7.50. The van der Waals surface area contributed by atoms with Gasteiger partial charge in [0.2, 0.25) is 0 Å². The van der Waals surface area contributed by atoms with Crippen LogP contribution in [0.25, 0.3) is 5.69 Å². The number of anilines is 2. The second kappa shape index (κ2) is 7.73. The van der Waals surface area contributed by atoms with Gasteiger partial charge in [0.25, 0.3) is 5.91 Å². The molecule has 0 unspecified atom stereocenters. The van der Waals surface area contributed by atoms with Crippen molar-refractivity contribution >= 4 is 67.4 Å². The molecule has 0 fully saturated rings. The Morgan fingerprint density at radius 3 is 2.72 bits per heavy atom. The maximum atomic E-state index is 12.0. The number of nitrogens with zero attached hydrogens (tertiary/aromatic N) is 2. The van der Waals surface area contributed by atoms with E-state index >= 15 is 0 Å². The third-order valence-electron chi connectivity index (χ3n) is 3.38. The fourth-order valence-electron chi connectivity index (χ4n) is 2.24. The lowest BCUT2D eigenvalue weighted by Gasteiger charge is -2.15. The van der Waals surface area contributed by atoms with E-state index in [1.165, 1.54) is 0 Å². The Bertz CT molecular complexity index is 934. The molecule has 1 amide bonds. The van der Waals surface area contributed by atoms with Crippen LogP contribution in [0.5, 0.6) is 0 Å². The monoisotopic (exact) mass is 532 g/mol. The summed E-state index contributed by atoms with van der Waals surface area (Å²) in [6.45, 7) is 0. The summed E-state index contributed by atoms with van der Waals surface area (Å²) in [7, 11) is 0. The zero-order valence-electron chi connectivity index (χ0n) is 12.5. The summed E-state index contributed by atoms with van der Waals surface area (Å²) in [4.78, 5) is 12.0. The summed E-state index contributed by atoms with van der Waals surface area (Å²) in [6.07, 6.45) is 3.44. The molecule has 0 atom stereocenters. The quantitative estimate of drug-likeness (QED) is 0.257. The molecule has 3 N–H and O–H groups in total. The van der Waals surface area contributed by atoms with Gasteiger partial charge in [0.05, 0.1) is 27.6 Å². The van der Waals surface area contributed by atoms with Gasteiger partial charge in [0, 0.05) is 20.4 Å². The van der Waals surface area contributed by atoms with Gasteiger partial charge in [0.1, 0.15) is 0 Å². The molecule has 0 saturated heterocycles. The normalized spacial score (nSPS) is 10.6. The molecule has 3 rings (SSSR count). The zero-order chi connectivity index (χ0) is 18.0. The van der Waals surface area contributed by atoms with Gasteiger partial charge in [0.15, 0.2) is 0 Å². The first-order valence-electron chi connectivity index (χ1n) is 6.99. The van der Waals surface area contributed by atoms with E-state index in [4.69, 9.17) is 16.8 Å². The SMILES string of the molecule is O=C(NO)c1cc(Br)c(-n2cccn2)cc1Nc1ccc(I)cc1Cl. The number of hydroxylamine groups is 1. The molecule has 128 valence electrons. The summed E-state index contributed by atoms with van der Waals surface area (Å²) in [6, 6.07) is 10.7. The number of hydrogen-bond acceptors (Lipinski definition) is 4. The lowest BCUT2D eigenvalue weighted by Crippen LogP contribution is -2.20. The van der Waals surface area contributed by atoms with E-state index in [-0.39, 0.29) is 5.56 Å². The van der Waals surface area contributed by atoms with E-state index in [0.29, 0.717) is 20.9 Å². The van der Waals surface area contributed by atoms with Gasteiger partial charge in [-0.25, -0.2) is 10.2 Å². The van der Waals surface area contributed by atoms with Crippen LogP contribution in [-0.4, -0.2) is 20.9 Å². The van der Waals surface area contributed by atoms with E-state index in [1.807, 2.05) is 18.2 Å². The first kappa shape index (κ1) is 18.2. The van der Waals surface area contributed by atoms with E-state index in [1.54, 1.807) is 40.8 Å². The summed E-state index contributed by atoms with van der Waals surface area (Å²) in [5.41, 5.74) is 3.75. The van der Waals surface area contributed by atoms with Crippen molar-refractivity contribution in [1.29, 1.82) is 0 Å². The van der Waals surface area contributed by atoms with Crippen molar-refractivity contribution < 1.29 is 10.0 Å². The topological polar surface area (TPSA) is 79.2 Å². The van der Waals surface area contributed by atoms with Gasteiger partial charge in [-0.15, -0.1) is 0 Å². The molecule has 1 heterocycles. The Morgan fingerprint density at radius 1 is 1.28 bits per heavy atom. The van der Waals surface area contributed by atoms with Crippen molar-refractivity contribution in [2.24, 2.45) is 0 Å². The van der Waals surface area contributed by atoms with Gasteiger partial charge in [-0.2, -0.15) is 5.10 Å². The highest BCUT2D eigenvalue weighted by molar-refractivity contribution is 14.1. The fraction of sp³-hybridized carbons (Fsp3) is 0. The highest BCUT2D eigenvalue weighted by Gasteiger charge is 2.17. The fourth-order valence-corrected chi connectivity index (χ4v) is 3.66. The molecule has 0 aliphatic rings. The first-order valence-corrected chi connectivity index (χ1v) is 9.24. The number of aromatic nitrogens is 2. The summed E-state index contributed by atoms with van der Waals surface area (Å²) >= 11 is 11.9.